The van der Waals surface area contributed by atoms with E-state index in [9.17, 15) is 9.59 Å². The monoisotopic (exact) mass is 406 g/mol. The third-order valence-electron chi connectivity index (χ3n) is 5.88. The van der Waals surface area contributed by atoms with E-state index in [2.05, 4.69) is 46.3 Å². The first-order valence-corrected chi connectivity index (χ1v) is 10.0. The first-order valence-electron chi connectivity index (χ1n) is 10.0. The molecule has 3 heterocycles. The Morgan fingerprint density at radius 1 is 1.17 bits per heavy atom. The molecule has 0 amide bonds. The van der Waals surface area contributed by atoms with Crippen molar-refractivity contribution in [1.29, 1.82) is 0 Å². The number of fused-ring (bicyclic) bond motifs is 1. The number of nitrogens with zero attached hydrogens (tertiary/aromatic N) is 6. The molecule has 9 heteroatoms. The van der Waals surface area contributed by atoms with E-state index >= 15 is 0 Å². The summed E-state index contributed by atoms with van der Waals surface area (Å²) in [7, 11) is 1.74. The maximum absolute atomic E-state index is 12.7. The molecular weight excluding hydrogens is 384 g/mol. The van der Waals surface area contributed by atoms with Gasteiger partial charge < -0.3 is 8.98 Å². The zero-order chi connectivity index (χ0) is 20.8. The van der Waals surface area contributed by atoms with Gasteiger partial charge in [-0.2, -0.15) is 4.68 Å². The molecule has 1 saturated carbocycles. The van der Waals surface area contributed by atoms with Gasteiger partial charge in [-0.05, 0) is 37.7 Å². The molecule has 0 radical (unpaired) electrons. The maximum Gasteiger partial charge on any atom is 0.437 e. The molecule has 0 saturated heterocycles. The topological polar surface area (TPSA) is 101 Å². The van der Waals surface area contributed by atoms with Gasteiger partial charge in [0.2, 0.25) is 5.89 Å². The molecule has 4 aromatic rings. The molecule has 0 aliphatic heterocycles. The van der Waals surface area contributed by atoms with Gasteiger partial charge in [-0.15, -0.1) is 5.10 Å². The van der Waals surface area contributed by atoms with Crippen LogP contribution in [0.15, 0.2) is 50.9 Å². The predicted molar refractivity (Wildman–Crippen MR) is 109 cm³/mol. The summed E-state index contributed by atoms with van der Waals surface area (Å²) in [6.07, 6.45) is 5.66. The normalized spacial score (nSPS) is 19.0. The zero-order valence-corrected chi connectivity index (χ0v) is 16.9. The average Bonchev–Trinajstić information content (AvgIpc) is 3.43. The fourth-order valence-electron chi connectivity index (χ4n) is 4.36. The number of aromatic nitrogens is 6. The lowest BCUT2D eigenvalue weighted by atomic mass is 9.96. The molecule has 1 fully saturated rings. The second-order valence-corrected chi connectivity index (χ2v) is 7.99. The van der Waals surface area contributed by atoms with Crippen molar-refractivity contribution in [3.63, 3.8) is 0 Å². The van der Waals surface area contributed by atoms with Crippen molar-refractivity contribution in [2.45, 2.75) is 44.7 Å². The molecule has 5 rings (SSSR count). The fraction of sp³-hybridized carbons (Fsp3) is 0.381. The first kappa shape index (κ1) is 18.5. The summed E-state index contributed by atoms with van der Waals surface area (Å²) >= 11 is 0. The van der Waals surface area contributed by atoms with Crippen molar-refractivity contribution in [2.24, 2.45) is 7.05 Å². The lowest BCUT2D eigenvalue weighted by molar-refractivity contribution is 0.401. The van der Waals surface area contributed by atoms with Crippen LogP contribution in [0.2, 0.25) is 0 Å². The Morgan fingerprint density at radius 2 is 2.00 bits per heavy atom. The molecule has 0 bridgehead atoms. The second-order valence-electron chi connectivity index (χ2n) is 7.99. The van der Waals surface area contributed by atoms with Crippen molar-refractivity contribution in [2.75, 3.05) is 0 Å². The van der Waals surface area contributed by atoms with Gasteiger partial charge in [-0.1, -0.05) is 29.8 Å². The van der Waals surface area contributed by atoms with Crippen LogP contribution in [0.25, 0.3) is 11.2 Å². The highest BCUT2D eigenvalue weighted by atomic mass is 16.4. The molecule has 0 unspecified atom stereocenters. The molecule has 154 valence electrons. The van der Waals surface area contributed by atoms with Crippen LogP contribution in [0.5, 0.6) is 0 Å². The highest BCUT2D eigenvalue weighted by Crippen LogP contribution is 2.40. The third-order valence-corrected chi connectivity index (χ3v) is 5.88. The van der Waals surface area contributed by atoms with Crippen LogP contribution in [0, 0.1) is 6.92 Å². The third kappa shape index (κ3) is 3.16. The van der Waals surface area contributed by atoms with E-state index in [1.165, 1.54) is 26.7 Å². The smallest absolute Gasteiger partial charge is 0.390 e. The molecule has 1 aliphatic rings. The van der Waals surface area contributed by atoms with Gasteiger partial charge in [-0.3, -0.25) is 9.36 Å². The summed E-state index contributed by atoms with van der Waals surface area (Å²) in [6.45, 7) is 2.13. The SMILES string of the molecule is Cc1cccc([C@@H]2CC[C@@H](n3nc(Cn4cnc5ncn(C)c5c4=O)oc3=O)C2)c1. The van der Waals surface area contributed by atoms with Gasteiger partial charge in [0.1, 0.15) is 12.9 Å². The number of aryl methyl sites for hydroxylation is 2. The fourth-order valence-corrected chi connectivity index (χ4v) is 4.36. The summed E-state index contributed by atoms with van der Waals surface area (Å²) in [5.74, 6) is 0.118. The van der Waals surface area contributed by atoms with E-state index in [4.69, 9.17) is 4.42 Å². The molecule has 0 spiro atoms. The van der Waals surface area contributed by atoms with Gasteiger partial charge >= 0.3 is 5.76 Å². The Balaban J connectivity index is 1.38. The van der Waals surface area contributed by atoms with Crippen LogP contribution in [0.3, 0.4) is 0 Å². The van der Waals surface area contributed by atoms with Gasteiger partial charge in [0.15, 0.2) is 11.2 Å². The Labute approximate surface area is 171 Å². The number of hydrogen-bond acceptors (Lipinski definition) is 6. The summed E-state index contributed by atoms with van der Waals surface area (Å²) in [5, 5.41) is 4.39. The Kier molecular flexibility index (Phi) is 4.38. The Hall–Kier alpha value is -3.49. The van der Waals surface area contributed by atoms with Crippen molar-refractivity contribution in [3.8, 4) is 0 Å². The largest absolute Gasteiger partial charge is 0.437 e. The van der Waals surface area contributed by atoms with Crippen molar-refractivity contribution in [1.82, 2.24) is 28.9 Å². The molecule has 0 N–H and O–H groups in total. The van der Waals surface area contributed by atoms with E-state index in [1.807, 2.05) is 0 Å². The summed E-state index contributed by atoms with van der Waals surface area (Å²) in [5.41, 5.74) is 3.07. The van der Waals surface area contributed by atoms with E-state index < -0.39 is 5.76 Å². The predicted octanol–water partition coefficient (Wildman–Crippen LogP) is 2.15. The summed E-state index contributed by atoms with van der Waals surface area (Å²) < 4.78 is 9.80. The zero-order valence-electron chi connectivity index (χ0n) is 16.9. The highest BCUT2D eigenvalue weighted by Gasteiger charge is 2.30. The molecular formula is C21H22N6O3. The van der Waals surface area contributed by atoms with E-state index in [1.54, 1.807) is 17.9 Å². The van der Waals surface area contributed by atoms with Crippen LogP contribution in [-0.2, 0) is 13.6 Å². The molecule has 1 aliphatic carbocycles. The molecule has 9 nitrogen and oxygen atoms in total. The second kappa shape index (κ2) is 7.08. The minimum Gasteiger partial charge on any atom is -0.390 e. The number of hydrogen-bond donors (Lipinski definition) is 0. The summed E-state index contributed by atoms with van der Waals surface area (Å²) in [6, 6.07) is 8.51. The van der Waals surface area contributed by atoms with Crippen LogP contribution < -0.4 is 11.3 Å². The minimum atomic E-state index is -0.484. The summed E-state index contributed by atoms with van der Waals surface area (Å²) in [4.78, 5) is 33.4. The van der Waals surface area contributed by atoms with Gasteiger partial charge in [-0.25, -0.2) is 14.8 Å². The van der Waals surface area contributed by atoms with E-state index in [0.29, 0.717) is 17.1 Å². The lowest BCUT2D eigenvalue weighted by Gasteiger charge is -2.11. The minimum absolute atomic E-state index is 0.00471. The van der Waals surface area contributed by atoms with Crippen LogP contribution in [-0.4, -0.2) is 28.9 Å². The lowest BCUT2D eigenvalue weighted by Crippen LogP contribution is -2.23. The molecule has 3 aromatic heterocycles. The Morgan fingerprint density at radius 3 is 2.83 bits per heavy atom. The van der Waals surface area contributed by atoms with Crippen LogP contribution >= 0.6 is 0 Å². The van der Waals surface area contributed by atoms with Crippen LogP contribution in [0.1, 0.15) is 48.2 Å². The first-order chi connectivity index (χ1) is 14.5. The number of benzene rings is 1. The van der Waals surface area contributed by atoms with Crippen molar-refractivity contribution < 1.29 is 4.42 Å². The molecule has 1 aromatic carbocycles. The van der Waals surface area contributed by atoms with Gasteiger partial charge in [0.25, 0.3) is 5.56 Å². The Bertz CT molecular complexity index is 1340. The number of rotatable bonds is 4. The highest BCUT2D eigenvalue weighted by molar-refractivity contribution is 5.68. The van der Waals surface area contributed by atoms with Gasteiger partial charge in [0.05, 0.1) is 12.4 Å². The maximum atomic E-state index is 12.7. The van der Waals surface area contributed by atoms with Gasteiger partial charge in [0, 0.05) is 7.05 Å². The quantitative estimate of drug-likeness (QED) is 0.515. The number of imidazole rings is 1. The van der Waals surface area contributed by atoms with Crippen LogP contribution in [0.4, 0.5) is 0 Å². The van der Waals surface area contributed by atoms with E-state index in [-0.39, 0.29) is 24.0 Å². The molecule has 2 atom stereocenters. The van der Waals surface area contributed by atoms with E-state index in [0.717, 1.165) is 19.3 Å². The van der Waals surface area contributed by atoms with Crippen molar-refractivity contribution in [3.05, 3.63) is 74.8 Å². The van der Waals surface area contributed by atoms with Crippen molar-refractivity contribution >= 4 is 11.2 Å². The standard InChI is InChI=1S/C21H22N6O3/c1-13-4-3-5-14(8-13)15-6-7-16(9-15)27-21(29)30-17(24-27)10-26-12-23-19-18(20(26)28)25(2)11-22-19/h3-5,8,11-12,15-16H,6-7,9-10H2,1-2H3/t15-,16-/m1/s1. The average molecular weight is 406 g/mol. The molecule has 30 heavy (non-hydrogen) atoms.